The molecule has 88 valence electrons. The second kappa shape index (κ2) is 4.78. The highest BCUT2D eigenvalue weighted by atomic mass is 16.5. The number of hydrogen-bond acceptors (Lipinski definition) is 4. The van der Waals surface area contributed by atoms with Gasteiger partial charge in [0.15, 0.2) is 0 Å². The minimum atomic E-state index is 0.111. The van der Waals surface area contributed by atoms with Crippen LogP contribution in [0.5, 0.6) is 0 Å². The molecule has 2 aliphatic heterocycles. The van der Waals surface area contributed by atoms with Crippen molar-refractivity contribution in [1.82, 2.24) is 5.32 Å². The molecular weight excluding hydrogens is 192 g/mol. The van der Waals surface area contributed by atoms with Crippen molar-refractivity contribution >= 4 is 0 Å². The van der Waals surface area contributed by atoms with Crippen molar-refractivity contribution in [2.24, 2.45) is 17.1 Å². The average molecular weight is 214 g/mol. The first-order valence-corrected chi connectivity index (χ1v) is 5.82. The van der Waals surface area contributed by atoms with E-state index in [1.165, 1.54) is 6.42 Å². The topological polar surface area (TPSA) is 56.5 Å². The van der Waals surface area contributed by atoms with Crippen LogP contribution >= 0.6 is 0 Å². The predicted octanol–water partition coefficient (Wildman–Crippen LogP) is -0.0237. The van der Waals surface area contributed by atoms with E-state index in [4.69, 9.17) is 15.2 Å². The highest BCUT2D eigenvalue weighted by molar-refractivity contribution is 4.91. The normalized spacial score (nSPS) is 41.2. The first kappa shape index (κ1) is 11.3. The summed E-state index contributed by atoms with van der Waals surface area (Å²) in [5.41, 5.74) is 6.13. The second-order valence-electron chi connectivity index (χ2n) is 5.14. The van der Waals surface area contributed by atoms with Crippen LogP contribution in [0.3, 0.4) is 0 Å². The molecule has 2 saturated heterocycles. The van der Waals surface area contributed by atoms with Crippen LogP contribution in [-0.4, -0.2) is 45.6 Å². The molecule has 0 aromatic carbocycles. The first-order valence-electron chi connectivity index (χ1n) is 5.82. The third-order valence-electron chi connectivity index (χ3n) is 3.61. The third-order valence-corrected chi connectivity index (χ3v) is 3.61. The molecule has 0 aromatic rings. The van der Waals surface area contributed by atoms with Gasteiger partial charge in [-0.2, -0.15) is 0 Å². The summed E-state index contributed by atoms with van der Waals surface area (Å²) >= 11 is 0. The smallest absolute Gasteiger partial charge is 0.0624 e. The molecule has 15 heavy (non-hydrogen) atoms. The zero-order chi connectivity index (χ0) is 10.7. The largest absolute Gasteiger partial charge is 0.381 e. The summed E-state index contributed by atoms with van der Waals surface area (Å²) in [6, 6.07) is 0.171. The molecule has 0 radical (unpaired) electrons. The Hall–Kier alpha value is -0.160. The Morgan fingerprint density at radius 3 is 2.87 bits per heavy atom. The Kier molecular flexibility index (Phi) is 3.61. The molecule has 4 nitrogen and oxygen atoms in total. The van der Waals surface area contributed by atoms with Gasteiger partial charge in [-0.05, 0) is 12.3 Å². The van der Waals surface area contributed by atoms with E-state index >= 15 is 0 Å². The Labute approximate surface area is 91.5 Å². The minimum Gasteiger partial charge on any atom is -0.381 e. The van der Waals surface area contributed by atoms with Gasteiger partial charge in [-0.25, -0.2) is 0 Å². The molecule has 2 heterocycles. The monoisotopic (exact) mass is 214 g/mol. The van der Waals surface area contributed by atoms with Crippen LogP contribution in [0, 0.1) is 11.3 Å². The maximum Gasteiger partial charge on any atom is 0.0624 e. The number of rotatable bonds is 4. The highest BCUT2D eigenvalue weighted by Crippen LogP contribution is 2.26. The number of ether oxygens (including phenoxy) is 2. The van der Waals surface area contributed by atoms with Crippen molar-refractivity contribution in [3.63, 3.8) is 0 Å². The fraction of sp³-hybridized carbons (Fsp3) is 1.00. The molecule has 2 rings (SSSR count). The van der Waals surface area contributed by atoms with Gasteiger partial charge in [-0.3, -0.25) is 0 Å². The molecule has 2 fully saturated rings. The van der Waals surface area contributed by atoms with E-state index in [0.29, 0.717) is 12.5 Å². The van der Waals surface area contributed by atoms with Crippen LogP contribution in [0.15, 0.2) is 0 Å². The predicted molar refractivity (Wildman–Crippen MR) is 58.7 cm³/mol. The fourth-order valence-electron chi connectivity index (χ4n) is 2.22. The standard InChI is InChI=1S/C11H22N2O2/c1-11(8-15-6-10(11)12)7-13-4-9-2-3-14-5-9/h9-10,13H,2-8,12H2,1H3. The van der Waals surface area contributed by atoms with Gasteiger partial charge in [-0.1, -0.05) is 6.92 Å². The van der Waals surface area contributed by atoms with Crippen LogP contribution in [-0.2, 0) is 9.47 Å². The van der Waals surface area contributed by atoms with E-state index in [2.05, 4.69) is 12.2 Å². The molecule has 3 unspecified atom stereocenters. The summed E-state index contributed by atoms with van der Waals surface area (Å²) in [5.74, 6) is 0.687. The number of nitrogens with two attached hydrogens (primary N) is 1. The maximum absolute atomic E-state index is 6.02. The molecule has 4 heteroatoms. The minimum absolute atomic E-state index is 0.111. The summed E-state index contributed by atoms with van der Waals surface area (Å²) in [6.07, 6.45) is 1.19. The Morgan fingerprint density at radius 2 is 2.27 bits per heavy atom. The highest BCUT2D eigenvalue weighted by Gasteiger charge is 2.37. The molecule has 0 bridgehead atoms. The first-order chi connectivity index (χ1) is 7.21. The molecule has 0 saturated carbocycles. The van der Waals surface area contributed by atoms with Gasteiger partial charge in [0.05, 0.1) is 19.8 Å². The lowest BCUT2D eigenvalue weighted by Gasteiger charge is -2.27. The van der Waals surface area contributed by atoms with Crippen molar-refractivity contribution in [1.29, 1.82) is 0 Å². The van der Waals surface area contributed by atoms with Crippen LogP contribution < -0.4 is 11.1 Å². The van der Waals surface area contributed by atoms with Crippen LogP contribution in [0.2, 0.25) is 0 Å². The fourth-order valence-corrected chi connectivity index (χ4v) is 2.22. The van der Waals surface area contributed by atoms with Crippen LogP contribution in [0.25, 0.3) is 0 Å². The lowest BCUT2D eigenvalue weighted by Crippen LogP contribution is -2.46. The third kappa shape index (κ3) is 2.69. The second-order valence-corrected chi connectivity index (χ2v) is 5.14. The zero-order valence-electron chi connectivity index (χ0n) is 9.50. The number of nitrogens with one attached hydrogen (secondary N) is 1. The number of hydrogen-bond donors (Lipinski definition) is 2. The Morgan fingerprint density at radius 1 is 1.40 bits per heavy atom. The van der Waals surface area contributed by atoms with Crippen molar-refractivity contribution in [3.05, 3.63) is 0 Å². The van der Waals surface area contributed by atoms with Crippen LogP contribution in [0.4, 0.5) is 0 Å². The van der Waals surface area contributed by atoms with Crippen molar-refractivity contribution in [3.8, 4) is 0 Å². The summed E-state index contributed by atoms with van der Waals surface area (Å²) in [6.45, 7) is 7.50. The summed E-state index contributed by atoms with van der Waals surface area (Å²) in [5, 5.41) is 3.50. The Bertz CT molecular complexity index is 207. The van der Waals surface area contributed by atoms with E-state index in [-0.39, 0.29) is 11.5 Å². The van der Waals surface area contributed by atoms with Gasteiger partial charge in [-0.15, -0.1) is 0 Å². The Balaban J connectivity index is 1.68. The average Bonchev–Trinajstić information content (AvgIpc) is 2.79. The van der Waals surface area contributed by atoms with E-state index in [9.17, 15) is 0 Å². The quantitative estimate of drug-likeness (QED) is 0.690. The summed E-state index contributed by atoms with van der Waals surface area (Å²) < 4.78 is 10.7. The van der Waals surface area contributed by atoms with E-state index in [0.717, 1.165) is 32.9 Å². The zero-order valence-corrected chi connectivity index (χ0v) is 9.50. The van der Waals surface area contributed by atoms with Crippen molar-refractivity contribution < 1.29 is 9.47 Å². The van der Waals surface area contributed by atoms with Crippen LogP contribution in [0.1, 0.15) is 13.3 Å². The summed E-state index contributed by atoms with van der Waals surface area (Å²) in [7, 11) is 0. The molecule has 0 aromatic heterocycles. The SMILES string of the molecule is CC1(CNCC2CCOC2)COCC1N. The van der Waals surface area contributed by atoms with Crippen molar-refractivity contribution in [2.45, 2.75) is 19.4 Å². The van der Waals surface area contributed by atoms with Gasteiger partial charge >= 0.3 is 0 Å². The lowest BCUT2D eigenvalue weighted by molar-refractivity contribution is 0.156. The van der Waals surface area contributed by atoms with Crippen molar-refractivity contribution in [2.75, 3.05) is 39.5 Å². The summed E-state index contributed by atoms with van der Waals surface area (Å²) in [4.78, 5) is 0. The maximum atomic E-state index is 6.02. The van der Waals surface area contributed by atoms with E-state index in [1.54, 1.807) is 0 Å². The van der Waals surface area contributed by atoms with Gasteiger partial charge < -0.3 is 20.5 Å². The van der Waals surface area contributed by atoms with Gasteiger partial charge in [0.2, 0.25) is 0 Å². The van der Waals surface area contributed by atoms with E-state index in [1.807, 2.05) is 0 Å². The molecule has 0 aliphatic carbocycles. The molecule has 3 atom stereocenters. The van der Waals surface area contributed by atoms with E-state index < -0.39 is 0 Å². The van der Waals surface area contributed by atoms with Gasteiger partial charge in [0, 0.05) is 31.2 Å². The molecule has 3 N–H and O–H groups in total. The van der Waals surface area contributed by atoms with Gasteiger partial charge in [0.25, 0.3) is 0 Å². The molecule has 0 spiro atoms. The van der Waals surface area contributed by atoms with Gasteiger partial charge in [0.1, 0.15) is 0 Å². The lowest BCUT2D eigenvalue weighted by atomic mass is 9.86. The molecule has 0 amide bonds. The molecule has 2 aliphatic rings. The molecular formula is C11H22N2O2.